The van der Waals surface area contributed by atoms with Gasteiger partial charge >= 0.3 is 0 Å². The van der Waals surface area contributed by atoms with E-state index in [1.54, 1.807) is 31.2 Å². The van der Waals surface area contributed by atoms with Crippen LogP contribution in [-0.4, -0.2) is 62.0 Å². The zero-order valence-electron chi connectivity index (χ0n) is 21.7. The number of nitro groups is 1. The molecule has 0 unspecified atom stereocenters. The Morgan fingerprint density at radius 2 is 1.76 bits per heavy atom. The Labute approximate surface area is 217 Å². The van der Waals surface area contributed by atoms with Crippen LogP contribution in [-0.2, 0) is 26.2 Å². The highest BCUT2D eigenvalue weighted by Crippen LogP contribution is 2.34. The SMILES string of the molecule is CC[C@@H](C)NC(=O)[C@@H](CC)N(Cc1ccccc1)C(=O)CN(c1cc([N+](=O)[O-])ccc1OC)S(C)(=O)=O. The van der Waals surface area contributed by atoms with E-state index in [0.717, 1.165) is 22.2 Å². The van der Waals surface area contributed by atoms with E-state index < -0.39 is 33.4 Å². The van der Waals surface area contributed by atoms with Crippen LogP contribution in [0, 0.1) is 10.1 Å². The minimum Gasteiger partial charge on any atom is -0.495 e. The summed E-state index contributed by atoms with van der Waals surface area (Å²) in [7, 11) is -2.79. The molecule has 0 saturated carbocycles. The molecule has 0 spiro atoms. The molecular formula is C25H34N4O7S. The lowest BCUT2D eigenvalue weighted by Gasteiger charge is -2.33. The molecule has 0 aliphatic carbocycles. The molecule has 0 heterocycles. The average Bonchev–Trinajstić information content (AvgIpc) is 2.86. The fourth-order valence-electron chi connectivity index (χ4n) is 3.72. The maximum absolute atomic E-state index is 13.7. The van der Waals surface area contributed by atoms with Crippen LogP contribution < -0.4 is 14.4 Å². The number of carbonyl (C=O) groups is 2. The molecule has 1 N–H and O–H groups in total. The van der Waals surface area contributed by atoms with E-state index in [9.17, 15) is 28.1 Å². The Hall–Kier alpha value is -3.67. The number of hydrogen-bond acceptors (Lipinski definition) is 7. The van der Waals surface area contributed by atoms with Crippen molar-refractivity contribution in [3.05, 3.63) is 64.2 Å². The van der Waals surface area contributed by atoms with Crippen molar-refractivity contribution in [2.24, 2.45) is 0 Å². The van der Waals surface area contributed by atoms with Gasteiger partial charge in [0.1, 0.15) is 24.0 Å². The number of amides is 2. The molecule has 11 nitrogen and oxygen atoms in total. The number of non-ortho nitro benzene ring substituents is 1. The molecule has 0 saturated heterocycles. The Bertz CT molecular complexity index is 1200. The number of ether oxygens (including phenoxy) is 1. The van der Waals surface area contributed by atoms with Gasteiger partial charge in [0.15, 0.2) is 0 Å². The summed E-state index contributed by atoms with van der Waals surface area (Å²) in [5.41, 5.74) is 0.242. The van der Waals surface area contributed by atoms with E-state index in [1.165, 1.54) is 24.1 Å². The topological polar surface area (TPSA) is 139 Å². The number of nitrogens with zero attached hydrogens (tertiary/aromatic N) is 3. The molecule has 0 aliphatic rings. The molecule has 2 aromatic rings. The second-order valence-corrected chi connectivity index (χ2v) is 10.5. The number of hydrogen-bond donors (Lipinski definition) is 1. The van der Waals surface area contributed by atoms with Crippen molar-refractivity contribution < 1.29 is 27.7 Å². The van der Waals surface area contributed by atoms with Crippen molar-refractivity contribution in [1.82, 2.24) is 10.2 Å². The summed E-state index contributed by atoms with van der Waals surface area (Å²) < 4.78 is 31.6. The molecule has 0 radical (unpaired) electrons. The lowest BCUT2D eigenvalue weighted by atomic mass is 10.1. The number of sulfonamides is 1. The molecule has 2 atom stereocenters. The standard InChI is InChI=1S/C25H34N4O7S/c1-6-18(3)26-25(31)21(7-2)27(16-19-11-9-8-10-12-19)24(30)17-28(37(5,34)35)22-15-20(29(32)33)13-14-23(22)36-4/h8-15,18,21H,6-7,16-17H2,1-5H3,(H,26,31)/t18-,21-/m1/s1. The molecule has 2 amide bonds. The van der Waals surface area contributed by atoms with E-state index in [-0.39, 0.29) is 35.6 Å². The van der Waals surface area contributed by atoms with Crippen molar-refractivity contribution in [2.75, 3.05) is 24.2 Å². The molecule has 12 heteroatoms. The van der Waals surface area contributed by atoms with Crippen molar-refractivity contribution in [3.63, 3.8) is 0 Å². The van der Waals surface area contributed by atoms with E-state index in [2.05, 4.69) is 5.32 Å². The van der Waals surface area contributed by atoms with Crippen molar-refractivity contribution in [2.45, 2.75) is 52.2 Å². The Morgan fingerprint density at radius 3 is 2.27 bits per heavy atom. The smallest absolute Gasteiger partial charge is 0.271 e. The van der Waals surface area contributed by atoms with E-state index in [0.29, 0.717) is 12.8 Å². The average molecular weight is 535 g/mol. The van der Waals surface area contributed by atoms with Gasteiger partial charge in [-0.05, 0) is 31.4 Å². The first-order valence-corrected chi connectivity index (χ1v) is 13.7. The highest BCUT2D eigenvalue weighted by molar-refractivity contribution is 7.92. The molecule has 37 heavy (non-hydrogen) atoms. The Kier molecular flexibility index (Phi) is 10.4. The molecule has 2 aromatic carbocycles. The summed E-state index contributed by atoms with van der Waals surface area (Å²) in [5.74, 6) is -0.950. The summed E-state index contributed by atoms with van der Waals surface area (Å²) in [4.78, 5) is 38.9. The van der Waals surface area contributed by atoms with Crippen LogP contribution in [0.25, 0.3) is 0 Å². The number of rotatable bonds is 13. The summed E-state index contributed by atoms with van der Waals surface area (Å²) in [5, 5.41) is 14.2. The lowest BCUT2D eigenvalue weighted by molar-refractivity contribution is -0.384. The van der Waals surface area contributed by atoms with Gasteiger partial charge < -0.3 is 15.0 Å². The number of benzene rings is 2. The van der Waals surface area contributed by atoms with Crippen molar-refractivity contribution in [1.29, 1.82) is 0 Å². The third-order valence-corrected chi connectivity index (χ3v) is 7.03. The highest BCUT2D eigenvalue weighted by atomic mass is 32.2. The van der Waals surface area contributed by atoms with Crippen LogP contribution in [0.3, 0.4) is 0 Å². The van der Waals surface area contributed by atoms with E-state index >= 15 is 0 Å². The van der Waals surface area contributed by atoms with E-state index in [1.807, 2.05) is 19.9 Å². The maximum Gasteiger partial charge on any atom is 0.271 e. The predicted molar refractivity (Wildman–Crippen MR) is 141 cm³/mol. The number of nitrogens with one attached hydrogen (secondary N) is 1. The number of methoxy groups -OCH3 is 1. The highest BCUT2D eigenvalue weighted by Gasteiger charge is 2.33. The zero-order valence-corrected chi connectivity index (χ0v) is 22.5. The molecule has 202 valence electrons. The molecule has 0 bridgehead atoms. The Balaban J connectivity index is 2.54. The van der Waals surface area contributed by atoms with Crippen LogP contribution >= 0.6 is 0 Å². The van der Waals surface area contributed by atoms with Crippen LogP contribution in [0.4, 0.5) is 11.4 Å². The third kappa shape index (κ3) is 7.91. The first kappa shape index (κ1) is 29.6. The number of nitro benzene ring substituents is 1. The van der Waals surface area contributed by atoms with Gasteiger partial charge in [0, 0.05) is 24.7 Å². The van der Waals surface area contributed by atoms with Gasteiger partial charge in [-0.25, -0.2) is 8.42 Å². The Morgan fingerprint density at radius 1 is 1.11 bits per heavy atom. The number of carbonyl (C=O) groups excluding carboxylic acids is 2. The van der Waals surface area contributed by atoms with Crippen molar-refractivity contribution >= 4 is 33.2 Å². The molecule has 0 aliphatic heterocycles. The van der Waals surface area contributed by atoms with Crippen molar-refractivity contribution in [3.8, 4) is 5.75 Å². The number of anilines is 1. The minimum atomic E-state index is -4.09. The second-order valence-electron chi connectivity index (χ2n) is 8.63. The summed E-state index contributed by atoms with van der Waals surface area (Å²) in [6.45, 7) is 4.93. The van der Waals surface area contributed by atoms with Gasteiger partial charge in [0.25, 0.3) is 5.69 Å². The fraction of sp³-hybridized carbons (Fsp3) is 0.440. The predicted octanol–water partition coefficient (Wildman–Crippen LogP) is 3.09. The van der Waals surface area contributed by atoms with Gasteiger partial charge in [-0.2, -0.15) is 0 Å². The molecular weight excluding hydrogens is 500 g/mol. The summed E-state index contributed by atoms with van der Waals surface area (Å²) >= 11 is 0. The fourth-order valence-corrected chi connectivity index (χ4v) is 4.57. The minimum absolute atomic E-state index is 0.0417. The molecule has 0 aromatic heterocycles. The molecule has 2 rings (SSSR count). The third-order valence-electron chi connectivity index (χ3n) is 5.90. The van der Waals surface area contributed by atoms with Gasteiger partial charge in [-0.1, -0.05) is 44.2 Å². The summed E-state index contributed by atoms with van der Waals surface area (Å²) in [6, 6.07) is 11.5. The van der Waals surface area contributed by atoms with Crippen LogP contribution in [0.1, 0.15) is 39.2 Å². The second kappa shape index (κ2) is 13.0. The van der Waals surface area contributed by atoms with E-state index in [4.69, 9.17) is 4.74 Å². The van der Waals surface area contributed by atoms with Gasteiger partial charge in [0.05, 0.1) is 18.3 Å². The van der Waals surface area contributed by atoms with Crippen LogP contribution in [0.15, 0.2) is 48.5 Å². The summed E-state index contributed by atoms with van der Waals surface area (Å²) in [6.07, 6.45) is 1.89. The quantitative estimate of drug-likeness (QED) is 0.308. The molecule has 0 fully saturated rings. The van der Waals surface area contributed by atoms with Crippen LogP contribution in [0.2, 0.25) is 0 Å². The first-order valence-electron chi connectivity index (χ1n) is 11.9. The monoisotopic (exact) mass is 534 g/mol. The maximum atomic E-state index is 13.7. The zero-order chi connectivity index (χ0) is 27.8. The lowest BCUT2D eigenvalue weighted by Crippen LogP contribution is -2.53. The van der Waals surface area contributed by atoms with Gasteiger partial charge in [-0.3, -0.25) is 24.0 Å². The normalized spacial score (nSPS) is 12.8. The van der Waals surface area contributed by atoms with Gasteiger partial charge in [-0.15, -0.1) is 0 Å². The van der Waals surface area contributed by atoms with Crippen LogP contribution in [0.5, 0.6) is 5.75 Å². The first-order chi connectivity index (χ1) is 17.4. The van der Waals surface area contributed by atoms with Gasteiger partial charge in [0.2, 0.25) is 21.8 Å². The largest absolute Gasteiger partial charge is 0.495 e.